The van der Waals surface area contributed by atoms with Gasteiger partial charge in [0.15, 0.2) is 0 Å². The van der Waals surface area contributed by atoms with Crippen molar-refractivity contribution in [2.75, 3.05) is 0 Å². The molecule has 4 nitrogen and oxygen atoms in total. The van der Waals surface area contributed by atoms with Gasteiger partial charge in [0.2, 0.25) is 0 Å². The largest absolute Gasteiger partial charge is 0.391 e. The van der Waals surface area contributed by atoms with Crippen molar-refractivity contribution < 1.29 is 13.2 Å². The first-order valence-electron chi connectivity index (χ1n) is 7.48. The summed E-state index contributed by atoms with van der Waals surface area (Å²) in [5.41, 5.74) is 2.71. The summed E-state index contributed by atoms with van der Waals surface area (Å²) in [4.78, 5) is 4.28. The average molecular weight is 304 g/mol. The molecular formula is C14H23F3N4. The van der Waals surface area contributed by atoms with Gasteiger partial charge in [-0.25, -0.2) is 4.98 Å². The second kappa shape index (κ2) is 6.79. The minimum atomic E-state index is -4.10. The number of aryl methyl sites for hydroxylation is 1. The maximum absolute atomic E-state index is 12.9. The molecule has 0 spiro atoms. The van der Waals surface area contributed by atoms with Crippen LogP contribution in [0.5, 0.6) is 0 Å². The molecule has 120 valence electrons. The first-order chi connectivity index (χ1) is 9.95. The van der Waals surface area contributed by atoms with Gasteiger partial charge in [0, 0.05) is 31.4 Å². The van der Waals surface area contributed by atoms with Crippen LogP contribution >= 0.6 is 0 Å². The Hall–Kier alpha value is -1.08. The van der Waals surface area contributed by atoms with Gasteiger partial charge in [0.05, 0.1) is 5.92 Å². The molecule has 0 aliphatic heterocycles. The smallest absolute Gasteiger partial charge is 0.335 e. The molecule has 2 rings (SSSR count). The van der Waals surface area contributed by atoms with Crippen LogP contribution in [0.1, 0.15) is 38.4 Å². The Morgan fingerprint density at radius 2 is 2.24 bits per heavy atom. The number of nitrogens with zero attached hydrogens (tertiary/aromatic N) is 2. The number of aromatic nitrogens is 2. The first-order valence-corrected chi connectivity index (χ1v) is 7.48. The summed E-state index contributed by atoms with van der Waals surface area (Å²) in [5.74, 6) is 5.21. The molecule has 0 aromatic carbocycles. The van der Waals surface area contributed by atoms with Gasteiger partial charge in [-0.05, 0) is 32.1 Å². The molecule has 1 heterocycles. The van der Waals surface area contributed by atoms with Crippen molar-refractivity contribution in [3.63, 3.8) is 0 Å². The van der Waals surface area contributed by atoms with E-state index in [-0.39, 0.29) is 24.8 Å². The number of rotatable bonds is 5. The van der Waals surface area contributed by atoms with Crippen LogP contribution in [0, 0.1) is 11.8 Å². The lowest BCUT2D eigenvalue weighted by Crippen LogP contribution is -2.45. The quantitative estimate of drug-likeness (QED) is 0.649. The van der Waals surface area contributed by atoms with Crippen molar-refractivity contribution in [2.24, 2.45) is 17.7 Å². The third-order valence-electron chi connectivity index (χ3n) is 4.51. The molecule has 3 N–H and O–H groups in total. The van der Waals surface area contributed by atoms with E-state index in [4.69, 9.17) is 5.84 Å². The highest BCUT2D eigenvalue weighted by Crippen LogP contribution is 2.41. The van der Waals surface area contributed by atoms with Crippen LogP contribution < -0.4 is 11.3 Å². The maximum Gasteiger partial charge on any atom is 0.391 e. The van der Waals surface area contributed by atoms with Crippen LogP contribution in [0.3, 0.4) is 0 Å². The molecule has 1 fully saturated rings. The topological polar surface area (TPSA) is 55.9 Å². The van der Waals surface area contributed by atoms with E-state index >= 15 is 0 Å². The summed E-state index contributed by atoms with van der Waals surface area (Å²) in [5, 5.41) is 0. The molecule has 1 aromatic heterocycles. The van der Waals surface area contributed by atoms with Gasteiger partial charge in [-0.2, -0.15) is 13.2 Å². The number of nitrogens with two attached hydrogens (primary N) is 1. The van der Waals surface area contributed by atoms with E-state index in [0.717, 1.165) is 18.8 Å². The summed E-state index contributed by atoms with van der Waals surface area (Å²) >= 11 is 0. The summed E-state index contributed by atoms with van der Waals surface area (Å²) in [6.45, 7) is 2.80. The predicted molar refractivity (Wildman–Crippen MR) is 74.2 cm³/mol. The lowest BCUT2D eigenvalue weighted by Gasteiger charge is -2.35. The Morgan fingerprint density at radius 3 is 2.86 bits per heavy atom. The Kier molecular flexibility index (Phi) is 5.27. The number of hydrazine groups is 1. The van der Waals surface area contributed by atoms with E-state index in [9.17, 15) is 13.2 Å². The average Bonchev–Trinajstić information content (AvgIpc) is 2.91. The highest BCUT2D eigenvalue weighted by molar-refractivity contribution is 4.97. The fourth-order valence-electron chi connectivity index (χ4n) is 3.27. The van der Waals surface area contributed by atoms with Crippen LogP contribution in [-0.2, 0) is 13.0 Å². The van der Waals surface area contributed by atoms with Gasteiger partial charge < -0.3 is 4.57 Å². The second-order valence-electron chi connectivity index (χ2n) is 5.77. The van der Waals surface area contributed by atoms with Crippen molar-refractivity contribution in [1.29, 1.82) is 0 Å². The van der Waals surface area contributed by atoms with Crippen LogP contribution in [0.2, 0.25) is 0 Å². The fourth-order valence-corrected chi connectivity index (χ4v) is 3.27. The molecule has 1 aliphatic carbocycles. The monoisotopic (exact) mass is 304 g/mol. The third-order valence-corrected chi connectivity index (χ3v) is 4.51. The number of hydrogen-bond donors (Lipinski definition) is 2. The summed E-state index contributed by atoms with van der Waals surface area (Å²) < 4.78 is 40.7. The van der Waals surface area contributed by atoms with E-state index in [1.165, 1.54) is 0 Å². The van der Waals surface area contributed by atoms with Gasteiger partial charge in [-0.3, -0.25) is 11.3 Å². The molecule has 0 bridgehead atoms. The van der Waals surface area contributed by atoms with Crippen molar-refractivity contribution >= 4 is 0 Å². The Bertz CT molecular complexity index is 444. The minimum Gasteiger partial charge on any atom is -0.335 e. The fraction of sp³-hybridized carbons (Fsp3) is 0.786. The minimum absolute atomic E-state index is 0.0580. The third kappa shape index (κ3) is 3.97. The molecule has 0 amide bonds. The van der Waals surface area contributed by atoms with E-state index in [1.807, 2.05) is 17.7 Å². The number of imidazole rings is 1. The predicted octanol–water partition coefficient (Wildman–Crippen LogP) is 2.65. The van der Waals surface area contributed by atoms with Gasteiger partial charge >= 0.3 is 6.18 Å². The zero-order chi connectivity index (χ0) is 15.5. The summed E-state index contributed by atoms with van der Waals surface area (Å²) in [6, 6.07) is -0.164. The zero-order valence-electron chi connectivity index (χ0n) is 12.2. The lowest BCUT2D eigenvalue weighted by atomic mass is 9.77. The lowest BCUT2D eigenvalue weighted by molar-refractivity contribution is -0.186. The van der Waals surface area contributed by atoms with Gasteiger partial charge in [-0.1, -0.05) is 6.42 Å². The van der Waals surface area contributed by atoms with Crippen LogP contribution in [0.25, 0.3) is 0 Å². The summed E-state index contributed by atoms with van der Waals surface area (Å²) in [7, 11) is 0. The van der Waals surface area contributed by atoms with Crippen LogP contribution in [-0.4, -0.2) is 21.8 Å². The summed E-state index contributed by atoms with van der Waals surface area (Å²) in [6.07, 6.45) is 1.84. The normalized spacial score (nSPS) is 25.0. The Balaban J connectivity index is 2.03. The van der Waals surface area contributed by atoms with Crippen LogP contribution in [0.4, 0.5) is 13.2 Å². The number of nitrogens with one attached hydrogen (secondary N) is 1. The number of alkyl halides is 3. The van der Waals surface area contributed by atoms with Crippen molar-refractivity contribution in [1.82, 2.24) is 15.0 Å². The second-order valence-corrected chi connectivity index (χ2v) is 5.77. The Morgan fingerprint density at radius 1 is 1.48 bits per heavy atom. The molecular weight excluding hydrogens is 281 g/mol. The SMILES string of the molecule is CCn1ccnc1CC(NN)C1CCCC(C(F)(F)F)C1. The Labute approximate surface area is 122 Å². The van der Waals surface area contributed by atoms with E-state index < -0.39 is 12.1 Å². The molecule has 1 aliphatic rings. The van der Waals surface area contributed by atoms with Gasteiger partial charge in [-0.15, -0.1) is 0 Å². The molecule has 0 radical (unpaired) electrons. The van der Waals surface area contributed by atoms with Gasteiger partial charge in [0.25, 0.3) is 0 Å². The maximum atomic E-state index is 12.9. The number of hydrogen-bond acceptors (Lipinski definition) is 3. The molecule has 3 atom stereocenters. The molecule has 7 heteroatoms. The molecule has 0 saturated heterocycles. The van der Waals surface area contributed by atoms with Crippen molar-refractivity contribution in [2.45, 2.75) is 57.8 Å². The first kappa shape index (κ1) is 16.3. The van der Waals surface area contributed by atoms with E-state index in [2.05, 4.69) is 10.4 Å². The number of halogens is 3. The van der Waals surface area contributed by atoms with Gasteiger partial charge in [0.1, 0.15) is 5.82 Å². The molecule has 21 heavy (non-hydrogen) atoms. The van der Waals surface area contributed by atoms with E-state index in [0.29, 0.717) is 12.8 Å². The highest BCUT2D eigenvalue weighted by Gasteiger charge is 2.43. The van der Waals surface area contributed by atoms with Crippen molar-refractivity contribution in [3.05, 3.63) is 18.2 Å². The highest BCUT2D eigenvalue weighted by atomic mass is 19.4. The molecule has 1 saturated carbocycles. The molecule has 3 unspecified atom stereocenters. The standard InChI is InChI=1S/C14H23F3N4/c1-2-21-7-6-19-13(21)9-12(20-18)10-4-3-5-11(8-10)14(15,16)17/h6-7,10-12,20H,2-5,8-9,18H2,1H3. The van der Waals surface area contributed by atoms with Crippen molar-refractivity contribution in [3.8, 4) is 0 Å². The van der Waals surface area contributed by atoms with Crippen LogP contribution in [0.15, 0.2) is 12.4 Å². The zero-order valence-corrected chi connectivity index (χ0v) is 12.2. The van der Waals surface area contributed by atoms with E-state index in [1.54, 1.807) is 6.20 Å². The molecule has 1 aromatic rings.